The number of carbonyl (C=O) groups excluding carboxylic acids is 1. The lowest BCUT2D eigenvalue weighted by Gasteiger charge is -2.18. The molecule has 1 heterocycles. The smallest absolute Gasteiger partial charge is 0.231 e. The summed E-state index contributed by atoms with van der Waals surface area (Å²) >= 11 is 0. The molecule has 0 spiro atoms. The van der Waals surface area contributed by atoms with Crippen molar-refractivity contribution in [1.82, 2.24) is 4.90 Å². The highest BCUT2D eigenvalue weighted by molar-refractivity contribution is 6.15. The number of aromatic hydroxyl groups is 1. The molecule has 28 heavy (non-hydrogen) atoms. The number of Topliss-reactive ketones (excluding diaryl/α,β-unsaturated/α-hetero) is 1. The van der Waals surface area contributed by atoms with Crippen LogP contribution < -0.4 is 4.74 Å². The lowest BCUT2D eigenvalue weighted by atomic mass is 10.0. The van der Waals surface area contributed by atoms with E-state index in [1.54, 1.807) is 18.2 Å². The van der Waals surface area contributed by atoms with E-state index in [0.29, 0.717) is 35.1 Å². The minimum atomic E-state index is -0.139. The van der Waals surface area contributed by atoms with Crippen molar-refractivity contribution in [3.05, 3.63) is 64.4 Å². The Morgan fingerprint density at radius 2 is 1.86 bits per heavy atom. The fourth-order valence-corrected chi connectivity index (χ4v) is 3.36. The van der Waals surface area contributed by atoms with Crippen molar-refractivity contribution in [3.63, 3.8) is 0 Å². The van der Waals surface area contributed by atoms with E-state index in [-0.39, 0.29) is 11.5 Å². The van der Waals surface area contributed by atoms with Crippen LogP contribution in [0.25, 0.3) is 6.08 Å². The van der Waals surface area contributed by atoms with Crippen molar-refractivity contribution in [1.29, 1.82) is 0 Å². The van der Waals surface area contributed by atoms with Gasteiger partial charge in [0.2, 0.25) is 5.78 Å². The van der Waals surface area contributed by atoms with Crippen LogP contribution in [0.5, 0.6) is 11.5 Å². The zero-order chi connectivity index (χ0) is 20.3. The number of allylic oxidation sites excluding steroid dienone is 1. The molecule has 0 bridgehead atoms. The Balaban J connectivity index is 1.86. The van der Waals surface area contributed by atoms with Gasteiger partial charge in [0, 0.05) is 6.54 Å². The maximum Gasteiger partial charge on any atom is 0.231 e. The van der Waals surface area contributed by atoms with Crippen LogP contribution in [0.2, 0.25) is 0 Å². The third kappa shape index (κ3) is 4.28. The van der Waals surface area contributed by atoms with Gasteiger partial charge >= 0.3 is 0 Å². The fraction of sp³-hybridized carbons (Fsp3) is 0.375. The van der Waals surface area contributed by atoms with E-state index in [2.05, 4.69) is 37.8 Å². The molecular weight excluding hydrogens is 350 g/mol. The Bertz CT molecular complexity index is 881. The highest BCUT2D eigenvalue weighted by Gasteiger charge is 2.31. The molecule has 1 aliphatic rings. The number of hydrogen-bond acceptors (Lipinski definition) is 4. The molecule has 0 unspecified atom stereocenters. The van der Waals surface area contributed by atoms with Crippen molar-refractivity contribution < 1.29 is 14.6 Å². The first-order chi connectivity index (χ1) is 13.4. The zero-order valence-electron chi connectivity index (χ0n) is 17.2. The summed E-state index contributed by atoms with van der Waals surface area (Å²) in [6.45, 7) is 7.92. The lowest BCUT2D eigenvalue weighted by Crippen LogP contribution is -2.19. The van der Waals surface area contributed by atoms with Crippen molar-refractivity contribution >= 4 is 11.9 Å². The van der Waals surface area contributed by atoms with Gasteiger partial charge in [0.1, 0.15) is 11.5 Å². The van der Waals surface area contributed by atoms with Gasteiger partial charge in [0.05, 0.1) is 11.1 Å². The SMILES string of the molecule is CCCCN(C)Cc1c(O)ccc2c1O/C(=C\c1ccc(C(C)C)cc1)C2=O. The molecule has 0 saturated heterocycles. The summed E-state index contributed by atoms with van der Waals surface area (Å²) in [5.41, 5.74) is 3.36. The first-order valence-corrected chi connectivity index (χ1v) is 9.98. The number of ketones is 1. The Labute approximate surface area is 167 Å². The van der Waals surface area contributed by atoms with Crippen LogP contribution in [0.3, 0.4) is 0 Å². The molecule has 1 N–H and O–H groups in total. The topological polar surface area (TPSA) is 49.8 Å². The average Bonchev–Trinajstić information content (AvgIpc) is 2.98. The molecular formula is C24H29NO3. The largest absolute Gasteiger partial charge is 0.507 e. The average molecular weight is 380 g/mol. The summed E-state index contributed by atoms with van der Waals surface area (Å²) in [6, 6.07) is 11.4. The Morgan fingerprint density at radius 3 is 2.50 bits per heavy atom. The third-order valence-corrected chi connectivity index (χ3v) is 5.14. The maximum atomic E-state index is 12.8. The number of phenolic OH excluding ortho intramolecular Hbond substituents is 1. The lowest BCUT2D eigenvalue weighted by molar-refractivity contribution is 0.101. The number of phenols is 1. The number of fused-ring (bicyclic) bond motifs is 1. The highest BCUT2D eigenvalue weighted by atomic mass is 16.5. The third-order valence-electron chi connectivity index (χ3n) is 5.14. The summed E-state index contributed by atoms with van der Waals surface area (Å²) in [5.74, 6) is 1.28. The predicted molar refractivity (Wildman–Crippen MR) is 113 cm³/mol. The van der Waals surface area contributed by atoms with Crippen LogP contribution in [0.15, 0.2) is 42.2 Å². The second kappa shape index (κ2) is 8.61. The van der Waals surface area contributed by atoms with E-state index in [1.165, 1.54) is 5.56 Å². The molecule has 0 radical (unpaired) electrons. The summed E-state index contributed by atoms with van der Waals surface area (Å²) < 4.78 is 5.94. The van der Waals surface area contributed by atoms with Gasteiger partial charge in [-0.15, -0.1) is 0 Å². The molecule has 0 atom stereocenters. The minimum absolute atomic E-state index is 0.139. The first-order valence-electron chi connectivity index (χ1n) is 9.98. The van der Waals surface area contributed by atoms with Gasteiger partial charge in [-0.25, -0.2) is 0 Å². The van der Waals surface area contributed by atoms with Gasteiger partial charge in [0.25, 0.3) is 0 Å². The molecule has 0 fully saturated rings. The molecule has 2 aromatic carbocycles. The van der Waals surface area contributed by atoms with Crippen LogP contribution in [0.4, 0.5) is 0 Å². The molecule has 0 saturated carbocycles. The van der Waals surface area contributed by atoms with Crippen molar-refractivity contribution in [3.8, 4) is 11.5 Å². The van der Waals surface area contributed by atoms with E-state index in [1.807, 2.05) is 19.2 Å². The summed E-state index contributed by atoms with van der Waals surface area (Å²) in [5, 5.41) is 10.4. The van der Waals surface area contributed by atoms with Crippen LogP contribution in [-0.4, -0.2) is 29.4 Å². The number of benzene rings is 2. The van der Waals surface area contributed by atoms with Crippen molar-refractivity contribution in [2.45, 2.75) is 46.1 Å². The minimum Gasteiger partial charge on any atom is -0.507 e. The number of nitrogens with zero attached hydrogens (tertiary/aromatic N) is 1. The van der Waals surface area contributed by atoms with Gasteiger partial charge in [-0.3, -0.25) is 4.79 Å². The van der Waals surface area contributed by atoms with Gasteiger partial charge in [-0.05, 0) is 55.3 Å². The molecule has 0 aromatic heterocycles. The monoisotopic (exact) mass is 379 g/mol. The van der Waals surface area contributed by atoms with Crippen molar-refractivity contribution in [2.24, 2.45) is 0 Å². The quantitative estimate of drug-likeness (QED) is 0.658. The van der Waals surface area contributed by atoms with Gasteiger partial charge < -0.3 is 14.7 Å². The molecule has 4 nitrogen and oxygen atoms in total. The zero-order valence-corrected chi connectivity index (χ0v) is 17.2. The summed E-state index contributed by atoms with van der Waals surface area (Å²) in [7, 11) is 2.01. The molecule has 1 aliphatic heterocycles. The Kier molecular flexibility index (Phi) is 6.20. The molecule has 0 aliphatic carbocycles. The summed E-state index contributed by atoms with van der Waals surface area (Å²) in [6.07, 6.45) is 3.97. The standard InChI is InChI=1S/C24H29NO3/c1-5-6-13-25(4)15-20-21(26)12-11-19-23(27)22(28-24(19)20)14-17-7-9-18(10-8-17)16(2)3/h7-12,14,16,26H,5-6,13,15H2,1-4H3/b22-14-. The van der Waals surface area contributed by atoms with E-state index in [4.69, 9.17) is 4.74 Å². The van der Waals surface area contributed by atoms with E-state index in [0.717, 1.165) is 24.9 Å². The van der Waals surface area contributed by atoms with E-state index in [9.17, 15) is 9.90 Å². The van der Waals surface area contributed by atoms with Crippen LogP contribution in [-0.2, 0) is 6.54 Å². The van der Waals surface area contributed by atoms with E-state index >= 15 is 0 Å². The molecule has 3 rings (SSSR count). The molecule has 148 valence electrons. The second-order valence-corrected chi connectivity index (χ2v) is 7.79. The maximum absolute atomic E-state index is 12.8. The molecule has 2 aromatic rings. The number of carbonyl (C=O) groups is 1. The van der Waals surface area contributed by atoms with Gasteiger partial charge in [-0.1, -0.05) is 51.5 Å². The number of hydrogen-bond donors (Lipinski definition) is 1. The van der Waals surface area contributed by atoms with E-state index < -0.39 is 0 Å². The molecule has 4 heteroatoms. The summed E-state index contributed by atoms with van der Waals surface area (Å²) in [4.78, 5) is 14.9. The number of ether oxygens (including phenoxy) is 1. The second-order valence-electron chi connectivity index (χ2n) is 7.79. The normalized spacial score (nSPS) is 14.8. The van der Waals surface area contributed by atoms with Crippen LogP contribution >= 0.6 is 0 Å². The molecule has 0 amide bonds. The Morgan fingerprint density at radius 1 is 1.14 bits per heavy atom. The number of unbranched alkanes of at least 4 members (excludes halogenated alkanes) is 1. The van der Waals surface area contributed by atoms with Gasteiger partial charge in [-0.2, -0.15) is 0 Å². The van der Waals surface area contributed by atoms with Crippen LogP contribution in [0.1, 0.15) is 66.6 Å². The van der Waals surface area contributed by atoms with Gasteiger partial charge in [0.15, 0.2) is 5.76 Å². The highest BCUT2D eigenvalue weighted by Crippen LogP contribution is 2.40. The van der Waals surface area contributed by atoms with Crippen LogP contribution in [0, 0.1) is 0 Å². The number of rotatable bonds is 7. The predicted octanol–water partition coefficient (Wildman–Crippen LogP) is 5.36. The Hall–Kier alpha value is -2.59. The van der Waals surface area contributed by atoms with Crippen molar-refractivity contribution in [2.75, 3.05) is 13.6 Å². The fourth-order valence-electron chi connectivity index (χ4n) is 3.36. The first kappa shape index (κ1) is 20.2.